The van der Waals surface area contributed by atoms with Gasteiger partial charge in [0.2, 0.25) is 0 Å². The Hall–Kier alpha value is -0.610. The molecule has 70 valence electrons. The fourth-order valence-corrected chi connectivity index (χ4v) is 1.45. The number of nitrogens with zero attached hydrogens (tertiary/aromatic N) is 1. The van der Waals surface area contributed by atoms with Gasteiger partial charge in [0.05, 0.1) is 13.2 Å². The molecule has 1 N–H and O–H groups in total. The van der Waals surface area contributed by atoms with Crippen molar-refractivity contribution < 1.29 is 14.6 Å². The zero-order chi connectivity index (χ0) is 9.14. The van der Waals surface area contributed by atoms with Crippen LogP contribution < -0.4 is 0 Å². The summed E-state index contributed by atoms with van der Waals surface area (Å²) in [5.74, 6) is -0.789. The zero-order valence-corrected chi connectivity index (χ0v) is 7.49. The maximum atomic E-state index is 10.7. The standard InChI is InChI=1S/C8H15NO3/c1-6(2)9-3-4-12-5-7(9)8(10)11/h6-7H,3-5H2,1-2H3,(H,10,11)/t7-/m1/s1. The molecule has 0 bridgehead atoms. The molecule has 0 spiro atoms. The van der Waals surface area contributed by atoms with E-state index in [0.717, 1.165) is 0 Å². The SMILES string of the molecule is CC(C)N1CCOC[C@@H]1C(=O)O. The van der Waals surface area contributed by atoms with E-state index in [4.69, 9.17) is 9.84 Å². The van der Waals surface area contributed by atoms with Crippen LogP contribution in [0.15, 0.2) is 0 Å². The van der Waals surface area contributed by atoms with Gasteiger partial charge in [-0.25, -0.2) is 0 Å². The Balaban J connectivity index is 2.60. The number of hydrogen-bond acceptors (Lipinski definition) is 3. The molecule has 0 radical (unpaired) electrons. The summed E-state index contributed by atoms with van der Waals surface area (Å²) >= 11 is 0. The molecule has 0 unspecified atom stereocenters. The third-order valence-electron chi connectivity index (χ3n) is 2.12. The van der Waals surface area contributed by atoms with Crippen LogP contribution in [0, 0.1) is 0 Å². The van der Waals surface area contributed by atoms with Gasteiger partial charge in [-0.3, -0.25) is 9.69 Å². The van der Waals surface area contributed by atoms with Crippen LogP contribution in [0.2, 0.25) is 0 Å². The lowest BCUT2D eigenvalue weighted by Crippen LogP contribution is -2.52. The molecule has 1 atom stereocenters. The first kappa shape index (κ1) is 9.48. The number of hydrogen-bond donors (Lipinski definition) is 1. The van der Waals surface area contributed by atoms with E-state index in [1.54, 1.807) is 0 Å². The lowest BCUT2D eigenvalue weighted by Gasteiger charge is -2.35. The van der Waals surface area contributed by atoms with Gasteiger partial charge in [-0.15, -0.1) is 0 Å². The second-order valence-corrected chi connectivity index (χ2v) is 3.26. The molecule has 1 aliphatic rings. The molecule has 1 saturated heterocycles. The van der Waals surface area contributed by atoms with E-state index in [9.17, 15) is 4.79 Å². The minimum Gasteiger partial charge on any atom is -0.480 e. The Labute approximate surface area is 72.1 Å². The van der Waals surface area contributed by atoms with E-state index in [-0.39, 0.29) is 6.04 Å². The predicted octanol–water partition coefficient (Wildman–Crippen LogP) is 0.180. The number of ether oxygens (including phenoxy) is 1. The predicted molar refractivity (Wildman–Crippen MR) is 44.1 cm³/mol. The van der Waals surface area contributed by atoms with E-state index >= 15 is 0 Å². The van der Waals surface area contributed by atoms with E-state index < -0.39 is 12.0 Å². The van der Waals surface area contributed by atoms with Gasteiger partial charge in [-0.2, -0.15) is 0 Å². The molecule has 1 heterocycles. The van der Waals surface area contributed by atoms with Gasteiger partial charge < -0.3 is 9.84 Å². The summed E-state index contributed by atoms with van der Waals surface area (Å²) in [6.45, 7) is 5.67. The highest BCUT2D eigenvalue weighted by atomic mass is 16.5. The van der Waals surface area contributed by atoms with Crippen molar-refractivity contribution >= 4 is 5.97 Å². The van der Waals surface area contributed by atoms with Crippen LogP contribution >= 0.6 is 0 Å². The molecule has 12 heavy (non-hydrogen) atoms. The van der Waals surface area contributed by atoms with Gasteiger partial charge in [0, 0.05) is 12.6 Å². The van der Waals surface area contributed by atoms with Gasteiger partial charge in [0.1, 0.15) is 6.04 Å². The number of aliphatic carboxylic acids is 1. The number of rotatable bonds is 2. The van der Waals surface area contributed by atoms with Crippen molar-refractivity contribution in [2.45, 2.75) is 25.9 Å². The van der Waals surface area contributed by atoms with Crippen LogP contribution in [0.25, 0.3) is 0 Å². The molecule has 0 aromatic rings. The maximum Gasteiger partial charge on any atom is 0.323 e. The van der Waals surface area contributed by atoms with E-state index in [1.165, 1.54) is 0 Å². The third kappa shape index (κ3) is 1.95. The van der Waals surface area contributed by atoms with Crippen LogP contribution in [-0.4, -0.2) is 47.8 Å². The van der Waals surface area contributed by atoms with Gasteiger partial charge in [0.25, 0.3) is 0 Å². The summed E-state index contributed by atoms with van der Waals surface area (Å²) in [5.41, 5.74) is 0. The second-order valence-electron chi connectivity index (χ2n) is 3.26. The van der Waals surface area contributed by atoms with Crippen LogP contribution in [0.5, 0.6) is 0 Å². The highest BCUT2D eigenvalue weighted by Crippen LogP contribution is 2.10. The lowest BCUT2D eigenvalue weighted by atomic mass is 10.2. The van der Waals surface area contributed by atoms with E-state index in [0.29, 0.717) is 19.8 Å². The Morgan fingerprint density at radius 1 is 1.67 bits per heavy atom. The monoisotopic (exact) mass is 173 g/mol. The Kier molecular flexibility index (Phi) is 3.05. The topological polar surface area (TPSA) is 49.8 Å². The Bertz CT molecular complexity index is 170. The highest BCUT2D eigenvalue weighted by molar-refractivity contribution is 5.73. The van der Waals surface area contributed by atoms with Crippen molar-refractivity contribution in [2.75, 3.05) is 19.8 Å². The molecular weight excluding hydrogens is 158 g/mol. The summed E-state index contributed by atoms with van der Waals surface area (Å²) in [5, 5.41) is 8.84. The third-order valence-corrected chi connectivity index (χ3v) is 2.12. The maximum absolute atomic E-state index is 10.7. The average molecular weight is 173 g/mol. The molecule has 1 rings (SSSR count). The number of carbonyl (C=O) groups is 1. The fraction of sp³-hybridized carbons (Fsp3) is 0.875. The molecule has 0 aromatic carbocycles. The molecule has 4 nitrogen and oxygen atoms in total. The Morgan fingerprint density at radius 3 is 2.75 bits per heavy atom. The summed E-state index contributed by atoms with van der Waals surface area (Å²) < 4.78 is 5.10. The number of carboxylic acids is 1. The van der Waals surface area contributed by atoms with E-state index in [1.807, 2.05) is 18.7 Å². The minimum absolute atomic E-state index is 0.273. The van der Waals surface area contributed by atoms with Crippen molar-refractivity contribution in [1.82, 2.24) is 4.90 Å². The first-order valence-corrected chi connectivity index (χ1v) is 4.19. The largest absolute Gasteiger partial charge is 0.480 e. The van der Waals surface area contributed by atoms with Crippen molar-refractivity contribution in [3.05, 3.63) is 0 Å². The van der Waals surface area contributed by atoms with Crippen LogP contribution in [0.3, 0.4) is 0 Å². The van der Waals surface area contributed by atoms with Gasteiger partial charge in [0.15, 0.2) is 0 Å². The summed E-state index contributed by atoms with van der Waals surface area (Å²) in [7, 11) is 0. The van der Waals surface area contributed by atoms with E-state index in [2.05, 4.69) is 0 Å². The smallest absolute Gasteiger partial charge is 0.323 e. The quantitative estimate of drug-likeness (QED) is 0.647. The van der Waals surface area contributed by atoms with Crippen LogP contribution in [0.1, 0.15) is 13.8 Å². The second kappa shape index (κ2) is 3.87. The summed E-state index contributed by atoms with van der Waals surface area (Å²) in [6, 6.07) is -0.186. The first-order valence-electron chi connectivity index (χ1n) is 4.19. The average Bonchev–Trinajstić information content (AvgIpc) is 2.04. The number of carboxylic acid groups (broad SMARTS) is 1. The van der Waals surface area contributed by atoms with Crippen LogP contribution in [-0.2, 0) is 9.53 Å². The molecule has 0 aromatic heterocycles. The van der Waals surface area contributed by atoms with Crippen LogP contribution in [0.4, 0.5) is 0 Å². The van der Waals surface area contributed by atoms with Crippen molar-refractivity contribution in [1.29, 1.82) is 0 Å². The molecule has 4 heteroatoms. The molecular formula is C8H15NO3. The van der Waals surface area contributed by atoms with Crippen molar-refractivity contribution in [3.63, 3.8) is 0 Å². The van der Waals surface area contributed by atoms with Gasteiger partial charge >= 0.3 is 5.97 Å². The molecule has 0 amide bonds. The molecule has 0 aliphatic carbocycles. The van der Waals surface area contributed by atoms with Crippen molar-refractivity contribution in [3.8, 4) is 0 Å². The summed E-state index contributed by atoms with van der Waals surface area (Å²) in [6.07, 6.45) is 0. The fourth-order valence-electron chi connectivity index (χ4n) is 1.45. The normalized spacial score (nSPS) is 26.1. The first-order chi connectivity index (χ1) is 5.63. The molecule has 1 fully saturated rings. The minimum atomic E-state index is -0.789. The number of morpholine rings is 1. The highest BCUT2D eigenvalue weighted by Gasteiger charge is 2.30. The molecule has 0 saturated carbocycles. The van der Waals surface area contributed by atoms with Gasteiger partial charge in [-0.05, 0) is 13.8 Å². The lowest BCUT2D eigenvalue weighted by molar-refractivity contribution is -0.151. The summed E-state index contributed by atoms with van der Waals surface area (Å²) in [4.78, 5) is 12.7. The Morgan fingerprint density at radius 2 is 2.33 bits per heavy atom. The molecule has 1 aliphatic heterocycles. The zero-order valence-electron chi connectivity index (χ0n) is 7.49. The van der Waals surface area contributed by atoms with Crippen molar-refractivity contribution in [2.24, 2.45) is 0 Å². The van der Waals surface area contributed by atoms with Gasteiger partial charge in [-0.1, -0.05) is 0 Å².